The Morgan fingerprint density at radius 2 is 2.07 bits per heavy atom. The fraction of sp³-hybridized carbons (Fsp3) is 0.643. The molecule has 1 unspecified atom stereocenters. The molecule has 0 nitrogen and oxygen atoms in total. The molecule has 2 aliphatic rings. The zero-order chi connectivity index (χ0) is 10.0. The lowest BCUT2D eigenvalue weighted by Gasteiger charge is -2.06. The molecule has 0 bridgehead atoms. The summed E-state index contributed by atoms with van der Waals surface area (Å²) in [5, 5.41) is 0. The van der Waals surface area contributed by atoms with Crippen LogP contribution in [0, 0.1) is 11.3 Å². The maximum Gasteiger partial charge on any atom is -0.00676 e. The van der Waals surface area contributed by atoms with Gasteiger partial charge in [0.25, 0.3) is 0 Å². The minimum Gasteiger partial charge on any atom is -0.122 e. The number of hydrogen-bond donors (Lipinski definition) is 0. The van der Waals surface area contributed by atoms with Gasteiger partial charge < -0.3 is 0 Å². The molecule has 1 atom stereocenters. The van der Waals surface area contributed by atoms with Crippen LogP contribution in [0.25, 0.3) is 0 Å². The molecule has 14 heavy (non-hydrogen) atoms. The fourth-order valence-electron chi connectivity index (χ4n) is 2.97. The Hall–Kier alpha value is -0.740. The van der Waals surface area contributed by atoms with Gasteiger partial charge in [-0.3, -0.25) is 0 Å². The maximum atomic E-state index is 3.40. The third-order valence-corrected chi connectivity index (χ3v) is 3.91. The molecule has 0 heterocycles. The highest BCUT2D eigenvalue weighted by molar-refractivity contribution is 5.21. The molecule has 0 aromatic rings. The van der Waals surface area contributed by atoms with Crippen LogP contribution in [-0.2, 0) is 0 Å². The van der Waals surface area contributed by atoms with Crippen LogP contribution in [0.15, 0.2) is 29.5 Å². The average Bonchev–Trinajstić information content (AvgIpc) is 2.65. The highest BCUT2D eigenvalue weighted by Crippen LogP contribution is 2.65. The van der Waals surface area contributed by atoms with Crippen LogP contribution in [-0.4, -0.2) is 0 Å². The zero-order valence-electron chi connectivity index (χ0n) is 9.34. The summed E-state index contributed by atoms with van der Waals surface area (Å²) in [4.78, 5) is 0. The monoisotopic (exact) mass is 188 g/mol. The van der Waals surface area contributed by atoms with Gasteiger partial charge in [0.05, 0.1) is 0 Å². The molecule has 0 aromatic carbocycles. The summed E-state index contributed by atoms with van der Waals surface area (Å²) in [5.74, 6) is 0.867. The Kier molecular flexibility index (Phi) is 2.65. The standard InChI is InChI=1S/C14H20/c1-3-4-5-8-12(2)13-11-14(13)9-6-7-10-14/h3-5,13H,6-7,9-11H2,1-2H3/b4-3-. The molecule has 76 valence electrons. The summed E-state index contributed by atoms with van der Waals surface area (Å²) in [5.41, 5.74) is 5.62. The summed E-state index contributed by atoms with van der Waals surface area (Å²) in [7, 11) is 0. The molecule has 2 aliphatic carbocycles. The molecule has 0 N–H and O–H groups in total. The molecular formula is C14H20. The van der Waals surface area contributed by atoms with Crippen LogP contribution >= 0.6 is 0 Å². The van der Waals surface area contributed by atoms with Crippen molar-refractivity contribution in [1.82, 2.24) is 0 Å². The van der Waals surface area contributed by atoms with Crippen molar-refractivity contribution in [3.05, 3.63) is 29.5 Å². The summed E-state index contributed by atoms with van der Waals surface area (Å²) in [6, 6.07) is 0. The Morgan fingerprint density at radius 3 is 2.71 bits per heavy atom. The van der Waals surface area contributed by atoms with Gasteiger partial charge in [-0.15, -0.1) is 5.73 Å². The first-order valence-corrected chi connectivity index (χ1v) is 5.83. The van der Waals surface area contributed by atoms with Gasteiger partial charge in [-0.1, -0.05) is 25.0 Å². The topological polar surface area (TPSA) is 0 Å². The van der Waals surface area contributed by atoms with E-state index in [0.29, 0.717) is 0 Å². The van der Waals surface area contributed by atoms with Crippen LogP contribution in [0.3, 0.4) is 0 Å². The van der Waals surface area contributed by atoms with Crippen LogP contribution in [0.2, 0.25) is 0 Å². The van der Waals surface area contributed by atoms with E-state index >= 15 is 0 Å². The zero-order valence-corrected chi connectivity index (χ0v) is 9.34. The molecule has 2 rings (SSSR count). The number of rotatable bonds is 2. The number of hydrogen-bond acceptors (Lipinski definition) is 0. The Balaban J connectivity index is 2.01. The third-order valence-electron chi connectivity index (χ3n) is 3.91. The first-order valence-electron chi connectivity index (χ1n) is 5.83. The van der Waals surface area contributed by atoms with Gasteiger partial charge in [0.2, 0.25) is 0 Å². The molecule has 2 fully saturated rings. The van der Waals surface area contributed by atoms with E-state index in [0.717, 1.165) is 11.3 Å². The summed E-state index contributed by atoms with van der Waals surface area (Å²) in [6.45, 7) is 4.29. The molecule has 0 amide bonds. The van der Waals surface area contributed by atoms with Crippen molar-refractivity contribution >= 4 is 0 Å². The van der Waals surface area contributed by atoms with E-state index in [4.69, 9.17) is 0 Å². The largest absolute Gasteiger partial charge is 0.122 e. The van der Waals surface area contributed by atoms with Gasteiger partial charge in [-0.2, -0.15) is 0 Å². The second-order valence-electron chi connectivity index (χ2n) is 4.85. The fourth-order valence-corrected chi connectivity index (χ4v) is 2.97. The molecule has 0 saturated heterocycles. The molecule has 1 spiro atoms. The van der Waals surface area contributed by atoms with E-state index < -0.39 is 0 Å². The summed E-state index contributed by atoms with van der Waals surface area (Å²) >= 11 is 0. The van der Waals surface area contributed by atoms with E-state index in [1.807, 2.05) is 6.92 Å². The van der Waals surface area contributed by atoms with E-state index in [2.05, 4.69) is 30.9 Å². The molecular weight excluding hydrogens is 168 g/mol. The van der Waals surface area contributed by atoms with E-state index in [9.17, 15) is 0 Å². The first-order chi connectivity index (χ1) is 6.78. The molecule has 0 aliphatic heterocycles. The normalized spacial score (nSPS) is 28.0. The molecule has 0 radical (unpaired) electrons. The Bertz CT molecular complexity index is 294. The Labute approximate surface area is 87.4 Å². The maximum absolute atomic E-state index is 3.40. The lowest BCUT2D eigenvalue weighted by molar-refractivity contribution is 0.495. The van der Waals surface area contributed by atoms with Crippen LogP contribution in [0.5, 0.6) is 0 Å². The highest BCUT2D eigenvalue weighted by Gasteiger charge is 2.55. The van der Waals surface area contributed by atoms with Gasteiger partial charge in [0.15, 0.2) is 0 Å². The second-order valence-corrected chi connectivity index (χ2v) is 4.85. The predicted molar refractivity (Wildman–Crippen MR) is 61.1 cm³/mol. The van der Waals surface area contributed by atoms with E-state index in [1.54, 1.807) is 0 Å². The van der Waals surface area contributed by atoms with Crippen molar-refractivity contribution in [2.45, 2.75) is 46.0 Å². The Morgan fingerprint density at radius 1 is 1.36 bits per heavy atom. The minimum atomic E-state index is 0.737. The SMILES string of the molecule is C/C=C\C=C=C(C)C1CC12CCCC2. The highest BCUT2D eigenvalue weighted by atomic mass is 14.6. The smallest absolute Gasteiger partial charge is 0.00676 e. The quantitative estimate of drug-likeness (QED) is 0.449. The first kappa shape index (κ1) is 9.80. The van der Waals surface area contributed by atoms with Crippen LogP contribution in [0.4, 0.5) is 0 Å². The molecule has 0 aromatic heterocycles. The van der Waals surface area contributed by atoms with Gasteiger partial charge in [0, 0.05) is 0 Å². The van der Waals surface area contributed by atoms with Gasteiger partial charge in [0.1, 0.15) is 0 Å². The van der Waals surface area contributed by atoms with Crippen LogP contribution < -0.4 is 0 Å². The predicted octanol–water partition coefficient (Wildman–Crippen LogP) is 4.24. The summed E-state index contributed by atoms with van der Waals surface area (Å²) < 4.78 is 0. The van der Waals surface area contributed by atoms with Gasteiger partial charge >= 0.3 is 0 Å². The van der Waals surface area contributed by atoms with Crippen molar-refractivity contribution in [2.75, 3.05) is 0 Å². The van der Waals surface area contributed by atoms with Gasteiger partial charge in [-0.25, -0.2) is 0 Å². The summed E-state index contributed by atoms with van der Waals surface area (Å²) in [6.07, 6.45) is 13.5. The van der Waals surface area contributed by atoms with Crippen molar-refractivity contribution in [3.63, 3.8) is 0 Å². The van der Waals surface area contributed by atoms with E-state index in [-0.39, 0.29) is 0 Å². The molecule has 2 saturated carbocycles. The molecule has 0 heteroatoms. The van der Waals surface area contributed by atoms with Crippen molar-refractivity contribution < 1.29 is 0 Å². The van der Waals surface area contributed by atoms with Crippen molar-refractivity contribution in [2.24, 2.45) is 11.3 Å². The van der Waals surface area contributed by atoms with Gasteiger partial charge in [-0.05, 0) is 56.1 Å². The third kappa shape index (κ3) is 1.72. The number of allylic oxidation sites excluding steroid dienone is 3. The second kappa shape index (κ2) is 3.79. The lowest BCUT2D eigenvalue weighted by atomic mass is 9.99. The van der Waals surface area contributed by atoms with Crippen molar-refractivity contribution in [1.29, 1.82) is 0 Å². The minimum absolute atomic E-state index is 0.737. The van der Waals surface area contributed by atoms with Crippen molar-refractivity contribution in [3.8, 4) is 0 Å². The van der Waals surface area contributed by atoms with Crippen LogP contribution in [0.1, 0.15) is 46.0 Å². The average molecular weight is 188 g/mol. The van der Waals surface area contributed by atoms with E-state index in [1.165, 1.54) is 37.7 Å². The lowest BCUT2D eigenvalue weighted by Crippen LogP contribution is -1.96.